The first kappa shape index (κ1) is 14.0. The highest BCUT2D eigenvalue weighted by molar-refractivity contribution is 7.46. The van der Waals surface area contributed by atoms with Crippen molar-refractivity contribution in [2.75, 3.05) is 6.61 Å². The van der Waals surface area contributed by atoms with E-state index in [4.69, 9.17) is 14.9 Å². The molecule has 6 N–H and O–H groups in total. The summed E-state index contributed by atoms with van der Waals surface area (Å²) in [6.07, 6.45) is -5.71. The molecule has 0 bridgehead atoms. The molecule has 0 radical (unpaired) electrons. The maximum atomic E-state index is 10.5. The molecule has 4 atom stereocenters. The number of phosphoric ester groups is 1. The lowest BCUT2D eigenvalue weighted by atomic mass is 10.0. The standard InChI is InChI=1S/C6H13O9P/c7-2-6(10)1-3(8)4(9)5(14-6)15-16(11,12)13/h3-5,7-10H,1-2H2,(H2,11,12,13)/t3-,4-,5?,6?/m0/s1. The van der Waals surface area contributed by atoms with E-state index in [0.29, 0.717) is 0 Å². The van der Waals surface area contributed by atoms with Gasteiger partial charge in [-0.25, -0.2) is 4.57 Å². The topological polar surface area (TPSA) is 157 Å². The van der Waals surface area contributed by atoms with Crippen molar-refractivity contribution in [2.45, 2.75) is 30.7 Å². The summed E-state index contributed by atoms with van der Waals surface area (Å²) in [6.45, 7) is -0.919. The van der Waals surface area contributed by atoms with Gasteiger partial charge in [0.25, 0.3) is 0 Å². The van der Waals surface area contributed by atoms with E-state index in [2.05, 4.69) is 9.26 Å². The van der Waals surface area contributed by atoms with E-state index in [-0.39, 0.29) is 0 Å². The van der Waals surface area contributed by atoms with Crippen molar-refractivity contribution in [3.8, 4) is 0 Å². The number of hydrogen-bond acceptors (Lipinski definition) is 7. The SMILES string of the molecule is O=P(O)(O)OC1OC(O)(CO)C[C@H](O)[C@@H]1O. The third-order valence-electron chi connectivity index (χ3n) is 2.02. The predicted octanol–water partition coefficient (Wildman–Crippen LogP) is -2.76. The molecule has 1 aliphatic heterocycles. The van der Waals surface area contributed by atoms with Crippen LogP contribution in [0.1, 0.15) is 6.42 Å². The normalized spacial score (nSPS) is 41.0. The van der Waals surface area contributed by atoms with Crippen molar-refractivity contribution in [1.82, 2.24) is 0 Å². The van der Waals surface area contributed by atoms with Crippen molar-refractivity contribution < 1.29 is 44.0 Å². The summed E-state index contributed by atoms with van der Waals surface area (Å²) < 4.78 is 19.1. The van der Waals surface area contributed by atoms with Gasteiger partial charge in [-0.15, -0.1) is 0 Å². The third kappa shape index (κ3) is 3.45. The van der Waals surface area contributed by atoms with Crippen LogP contribution >= 0.6 is 7.82 Å². The molecule has 0 saturated carbocycles. The predicted molar refractivity (Wildman–Crippen MR) is 46.7 cm³/mol. The lowest BCUT2D eigenvalue weighted by Gasteiger charge is -2.40. The molecule has 1 fully saturated rings. The smallest absolute Gasteiger partial charge is 0.391 e. The molecule has 96 valence electrons. The van der Waals surface area contributed by atoms with Gasteiger partial charge in [0.2, 0.25) is 6.29 Å². The Morgan fingerprint density at radius 3 is 2.44 bits per heavy atom. The minimum Gasteiger partial charge on any atom is -0.391 e. The van der Waals surface area contributed by atoms with Crippen LogP contribution in [0, 0.1) is 0 Å². The molecule has 0 aliphatic carbocycles. The summed E-state index contributed by atoms with van der Waals surface area (Å²) in [6, 6.07) is 0. The zero-order chi connectivity index (χ0) is 12.6. The second-order valence-electron chi connectivity index (χ2n) is 3.45. The highest BCUT2D eigenvalue weighted by Gasteiger charge is 2.47. The largest absolute Gasteiger partial charge is 0.472 e. The second-order valence-corrected chi connectivity index (χ2v) is 4.64. The van der Waals surface area contributed by atoms with E-state index < -0.39 is 45.1 Å². The summed E-state index contributed by atoms with van der Waals surface area (Å²) in [5.41, 5.74) is 0. The Labute approximate surface area is 90.1 Å². The van der Waals surface area contributed by atoms with Gasteiger partial charge in [-0.05, 0) is 0 Å². The van der Waals surface area contributed by atoms with Gasteiger partial charge < -0.3 is 34.9 Å². The van der Waals surface area contributed by atoms with Crippen LogP contribution in [-0.2, 0) is 13.8 Å². The average molecular weight is 260 g/mol. The van der Waals surface area contributed by atoms with Crippen LogP contribution in [0.15, 0.2) is 0 Å². The minimum atomic E-state index is -4.95. The Kier molecular flexibility index (Phi) is 4.06. The number of phosphoric acid groups is 1. The Bertz CT molecular complexity index is 290. The van der Waals surface area contributed by atoms with Gasteiger partial charge in [-0.3, -0.25) is 4.52 Å². The highest BCUT2D eigenvalue weighted by Crippen LogP contribution is 2.41. The van der Waals surface area contributed by atoms with Gasteiger partial charge in [0.15, 0.2) is 5.79 Å². The molecule has 0 aromatic carbocycles. The van der Waals surface area contributed by atoms with Crippen molar-refractivity contribution in [2.24, 2.45) is 0 Å². The summed E-state index contributed by atoms with van der Waals surface area (Å²) >= 11 is 0. The van der Waals surface area contributed by atoms with Crippen LogP contribution in [-0.4, -0.2) is 61.1 Å². The first-order valence-electron chi connectivity index (χ1n) is 4.28. The fraction of sp³-hybridized carbons (Fsp3) is 1.00. The zero-order valence-corrected chi connectivity index (χ0v) is 8.90. The second kappa shape index (κ2) is 4.65. The van der Waals surface area contributed by atoms with Crippen LogP contribution < -0.4 is 0 Å². The summed E-state index contributed by atoms with van der Waals surface area (Å²) in [5.74, 6) is -2.21. The summed E-state index contributed by atoms with van der Waals surface area (Å²) in [7, 11) is -4.95. The molecule has 9 nitrogen and oxygen atoms in total. The average Bonchev–Trinajstić information content (AvgIpc) is 2.11. The molecule has 1 rings (SSSR count). The van der Waals surface area contributed by atoms with Crippen molar-refractivity contribution in [3.63, 3.8) is 0 Å². The number of ether oxygens (including phenoxy) is 1. The maximum absolute atomic E-state index is 10.5. The van der Waals surface area contributed by atoms with E-state index in [1.165, 1.54) is 0 Å². The third-order valence-corrected chi connectivity index (χ3v) is 2.51. The van der Waals surface area contributed by atoms with E-state index >= 15 is 0 Å². The van der Waals surface area contributed by atoms with Crippen LogP contribution in [0.5, 0.6) is 0 Å². The lowest BCUT2D eigenvalue weighted by molar-refractivity contribution is -0.350. The van der Waals surface area contributed by atoms with Gasteiger partial charge >= 0.3 is 7.82 Å². The Morgan fingerprint density at radius 1 is 1.44 bits per heavy atom. The number of aliphatic hydroxyl groups excluding tert-OH is 3. The van der Waals surface area contributed by atoms with Crippen LogP contribution in [0.4, 0.5) is 0 Å². The molecule has 1 aliphatic rings. The summed E-state index contributed by atoms with van der Waals surface area (Å²) in [4.78, 5) is 17.0. The highest BCUT2D eigenvalue weighted by atomic mass is 31.2. The van der Waals surface area contributed by atoms with Crippen molar-refractivity contribution >= 4 is 7.82 Å². The summed E-state index contributed by atoms with van der Waals surface area (Å²) in [5, 5.41) is 36.8. The molecule has 0 amide bonds. The monoisotopic (exact) mass is 260 g/mol. The number of aliphatic hydroxyl groups is 4. The molecule has 1 saturated heterocycles. The first-order valence-corrected chi connectivity index (χ1v) is 5.81. The van der Waals surface area contributed by atoms with E-state index in [0.717, 1.165) is 0 Å². The van der Waals surface area contributed by atoms with Crippen LogP contribution in [0.2, 0.25) is 0 Å². The molecule has 10 heteroatoms. The van der Waals surface area contributed by atoms with E-state index in [1.807, 2.05) is 0 Å². The number of hydrogen-bond donors (Lipinski definition) is 6. The van der Waals surface area contributed by atoms with E-state index in [9.17, 15) is 19.9 Å². The van der Waals surface area contributed by atoms with Gasteiger partial charge in [-0.2, -0.15) is 0 Å². The Hall–Kier alpha value is -0.0900. The number of rotatable bonds is 3. The zero-order valence-electron chi connectivity index (χ0n) is 8.00. The molecular weight excluding hydrogens is 247 g/mol. The van der Waals surface area contributed by atoms with Crippen molar-refractivity contribution in [1.29, 1.82) is 0 Å². The van der Waals surface area contributed by atoms with Gasteiger partial charge in [-0.1, -0.05) is 0 Å². The van der Waals surface area contributed by atoms with Crippen LogP contribution in [0.25, 0.3) is 0 Å². The Morgan fingerprint density at radius 2 is 2.00 bits per heavy atom. The van der Waals surface area contributed by atoms with Gasteiger partial charge in [0.05, 0.1) is 12.7 Å². The van der Waals surface area contributed by atoms with Gasteiger partial charge in [0.1, 0.15) is 6.10 Å². The fourth-order valence-electron chi connectivity index (χ4n) is 1.28. The quantitative estimate of drug-likeness (QED) is 0.296. The molecule has 1 heterocycles. The minimum absolute atomic E-state index is 0.508. The molecule has 0 aromatic rings. The van der Waals surface area contributed by atoms with Crippen LogP contribution in [0.3, 0.4) is 0 Å². The van der Waals surface area contributed by atoms with Gasteiger partial charge in [0, 0.05) is 6.42 Å². The Balaban J connectivity index is 2.78. The van der Waals surface area contributed by atoms with E-state index in [1.54, 1.807) is 0 Å². The molecule has 2 unspecified atom stereocenters. The fourth-order valence-corrected chi connectivity index (χ4v) is 1.72. The lowest BCUT2D eigenvalue weighted by Crippen LogP contribution is -2.56. The van der Waals surface area contributed by atoms with Crippen molar-refractivity contribution in [3.05, 3.63) is 0 Å². The molecule has 0 spiro atoms. The maximum Gasteiger partial charge on any atom is 0.472 e. The molecule has 0 aromatic heterocycles. The molecular formula is C6H13O9P. The first-order chi connectivity index (χ1) is 7.17. The molecule has 16 heavy (non-hydrogen) atoms.